The first kappa shape index (κ1) is 81.2. The second kappa shape index (κ2) is 32.1. The lowest BCUT2D eigenvalue weighted by molar-refractivity contribution is 0.661. The highest BCUT2D eigenvalue weighted by Crippen LogP contribution is 2.53. The van der Waals surface area contributed by atoms with Gasteiger partial charge in [0, 0.05) is 150 Å². The van der Waals surface area contributed by atoms with Crippen LogP contribution in [0, 0.1) is 34.6 Å². The monoisotopic (exact) mass is 1790 g/mol. The summed E-state index contributed by atoms with van der Waals surface area (Å²) in [5.74, 6) is 0. The van der Waals surface area contributed by atoms with Gasteiger partial charge in [-0.25, -0.2) is 0 Å². The summed E-state index contributed by atoms with van der Waals surface area (Å²) in [6.45, 7) is 15.5. The van der Waals surface area contributed by atoms with Crippen molar-refractivity contribution < 1.29 is 8.83 Å². The molecular weight excluding hydrogens is 1700 g/mol. The third-order valence-corrected chi connectivity index (χ3v) is 30.6. The molecule has 1 aliphatic rings. The quantitative estimate of drug-likeness (QED) is 0.172. The number of hydrogen-bond donors (Lipinski definition) is 0. The molecule has 0 fully saturated rings. The Balaban J connectivity index is 0.0000000887. The summed E-state index contributed by atoms with van der Waals surface area (Å²) in [6, 6.07) is 153. The summed E-state index contributed by atoms with van der Waals surface area (Å²) in [5, 5.41) is 22.9. The van der Waals surface area contributed by atoms with Gasteiger partial charge in [-0.15, -0.1) is 22.7 Å². The number of furan rings is 2. The van der Waals surface area contributed by atoms with E-state index >= 15 is 0 Å². The number of para-hydroxylation sites is 7. The second-order valence-electron chi connectivity index (χ2n) is 37.4. The lowest BCUT2D eigenvalue weighted by atomic mass is 9.82. The van der Waals surface area contributed by atoms with Crippen LogP contribution < -0.4 is 0 Å². The number of hydrogen-bond acceptors (Lipinski definition) is 4. The van der Waals surface area contributed by atoms with Crippen molar-refractivity contribution in [2.75, 3.05) is 0 Å². The Morgan fingerprint density at radius 2 is 0.489 bits per heavy atom. The number of aryl methyl sites for hydroxylation is 5. The maximum Gasteiger partial charge on any atom is 0.136 e. The van der Waals surface area contributed by atoms with E-state index < -0.39 is 0 Å². The summed E-state index contributed by atoms with van der Waals surface area (Å²) in [6.07, 6.45) is 0. The van der Waals surface area contributed by atoms with Crippen LogP contribution in [0.1, 0.15) is 52.8 Å². The van der Waals surface area contributed by atoms with E-state index in [2.05, 4.69) is 472 Å². The second-order valence-corrected chi connectivity index (χ2v) is 39.6. The van der Waals surface area contributed by atoms with E-state index in [0.29, 0.717) is 0 Å². The molecule has 0 amide bonds. The maximum absolute atomic E-state index is 6.15. The molecular formula is C128H91N5O2S2. The van der Waals surface area contributed by atoms with E-state index in [1.54, 1.807) is 0 Å². The number of nitrogens with zero attached hydrogens (tertiary/aromatic N) is 5. The molecule has 20 aromatic carbocycles. The van der Waals surface area contributed by atoms with Gasteiger partial charge in [-0.1, -0.05) is 262 Å². The van der Waals surface area contributed by atoms with Crippen LogP contribution >= 0.6 is 22.7 Å². The summed E-state index contributed by atoms with van der Waals surface area (Å²) in [5.41, 5.74) is 34.3. The molecule has 0 atom stereocenters. The Labute approximate surface area is 798 Å². The average molecular weight is 1800 g/mol. The van der Waals surface area contributed by atoms with E-state index in [1.165, 1.54) is 228 Å². The van der Waals surface area contributed by atoms with Gasteiger partial charge in [0.2, 0.25) is 0 Å². The Morgan fingerprint density at radius 3 is 0.934 bits per heavy atom. The molecule has 0 saturated carbocycles. The number of aromatic nitrogens is 5. The van der Waals surface area contributed by atoms with Crippen LogP contribution in [0.5, 0.6) is 0 Å². The van der Waals surface area contributed by atoms with Gasteiger partial charge in [-0.05, 0) is 262 Å². The standard InChI is InChI=1S/C28H23N.2C25H17NO.2C25H17NS/c1-18-9-8-10-19(15-18)29-26-14-7-5-12-21(26)23-16-25-22(17-27(23)29)20-11-4-6-13-24(20)28(25,2)3;1-16-7-6-8-17(13-16)26-22-11-4-2-9-18(22)20-15-25-21(14-23(20)26)19-10-3-5-12-24(19)27-25;1-16-11-12-22-19(13-16)20-15-25-21(18-9-5-6-10-24(18)27-25)14-23(20)26(22)17-7-3-2-4-8-17;1-16-7-6-8-17(13-16)26-22-11-4-2-9-18(22)20-15-25-21(14-23(20)26)19-10-3-5-12-24(19)27-25;1-16-11-12-22-19(13-16)20-15-25-21(18-9-5-6-10-24(18)27-25)14-23(20)26(22)17-7-3-2-4-8-17/h4-17H,1-3H3;4*2-15H,1H3. The minimum atomic E-state index is 0.0205. The molecule has 0 spiro atoms. The van der Waals surface area contributed by atoms with E-state index in [-0.39, 0.29) is 5.41 Å². The normalized spacial score (nSPS) is 12.4. The van der Waals surface area contributed by atoms with Crippen molar-refractivity contribution in [3.05, 3.63) is 464 Å². The lowest BCUT2D eigenvalue weighted by Gasteiger charge is -2.21. The first-order valence-corrected chi connectivity index (χ1v) is 48.8. The molecule has 652 valence electrons. The highest BCUT2D eigenvalue weighted by molar-refractivity contribution is 7.26. The molecule has 0 N–H and O–H groups in total. The van der Waals surface area contributed by atoms with Crippen molar-refractivity contribution in [3.63, 3.8) is 0 Å². The molecule has 137 heavy (non-hydrogen) atoms. The van der Waals surface area contributed by atoms with Gasteiger partial charge in [-0.2, -0.15) is 0 Å². The van der Waals surface area contributed by atoms with Crippen LogP contribution in [-0.2, 0) is 5.41 Å². The van der Waals surface area contributed by atoms with Crippen LogP contribution in [0.15, 0.2) is 433 Å². The fourth-order valence-corrected chi connectivity index (χ4v) is 24.3. The summed E-state index contributed by atoms with van der Waals surface area (Å²) in [4.78, 5) is 0. The Morgan fingerprint density at radius 1 is 0.175 bits per heavy atom. The molecule has 0 radical (unpaired) electrons. The predicted octanol–water partition coefficient (Wildman–Crippen LogP) is 36.3. The molecule has 0 saturated heterocycles. The topological polar surface area (TPSA) is 50.9 Å². The zero-order valence-electron chi connectivity index (χ0n) is 76.8. The maximum atomic E-state index is 6.15. The van der Waals surface area contributed by atoms with Crippen LogP contribution in [-0.4, -0.2) is 22.8 Å². The van der Waals surface area contributed by atoms with Crippen molar-refractivity contribution in [3.8, 4) is 39.6 Å². The molecule has 0 bridgehead atoms. The minimum absolute atomic E-state index is 0.0205. The number of thiophene rings is 2. The predicted molar refractivity (Wildman–Crippen MR) is 585 cm³/mol. The van der Waals surface area contributed by atoms with Crippen molar-refractivity contribution in [2.45, 2.75) is 53.9 Å². The number of rotatable bonds is 5. The van der Waals surface area contributed by atoms with Crippen molar-refractivity contribution in [1.82, 2.24) is 22.8 Å². The van der Waals surface area contributed by atoms with Crippen molar-refractivity contribution >= 4 is 216 Å². The molecule has 0 aliphatic heterocycles. The van der Waals surface area contributed by atoms with Crippen LogP contribution in [0.2, 0.25) is 0 Å². The minimum Gasteiger partial charge on any atom is -0.456 e. The molecule has 9 heterocycles. The molecule has 9 heteroatoms. The smallest absolute Gasteiger partial charge is 0.136 e. The molecule has 9 aromatic heterocycles. The van der Waals surface area contributed by atoms with Gasteiger partial charge in [0.1, 0.15) is 22.3 Å². The highest BCUT2D eigenvalue weighted by atomic mass is 32.1. The summed E-state index contributed by atoms with van der Waals surface area (Å²) >= 11 is 3.77. The SMILES string of the molecule is Cc1ccc2c(c1)c1cc3oc4ccccc4c3cc1n2-c1ccccc1.Cc1ccc2c(c1)c1cc3sc4ccccc4c3cc1n2-c1ccccc1.Cc1cccc(-n2c3ccccc3c3cc4c(cc32)-c2ccccc2C4(C)C)c1.Cc1cccc(-n2c3ccccc3c3cc4oc5ccccc5c4cc32)c1.Cc1cccc(-n2c3ccccc3c3cc4sc5ccccc5c4cc32)c1. The van der Waals surface area contributed by atoms with E-state index in [9.17, 15) is 0 Å². The molecule has 0 unspecified atom stereocenters. The van der Waals surface area contributed by atoms with Gasteiger partial charge in [0.15, 0.2) is 0 Å². The molecule has 1 aliphatic carbocycles. The number of fused-ring (bicyclic) bond motifs is 30. The van der Waals surface area contributed by atoms with Crippen LogP contribution in [0.3, 0.4) is 0 Å². The average Bonchev–Trinajstić information content (AvgIpc) is 1.55. The molecule has 30 rings (SSSR count). The van der Waals surface area contributed by atoms with Crippen molar-refractivity contribution in [1.29, 1.82) is 0 Å². The Hall–Kier alpha value is -16.6. The zero-order chi connectivity index (χ0) is 91.6. The first-order chi connectivity index (χ1) is 67.2. The van der Waals surface area contributed by atoms with Crippen LogP contribution in [0.25, 0.3) is 233 Å². The first-order valence-electron chi connectivity index (χ1n) is 47.1. The Kier molecular flexibility index (Phi) is 19.0. The summed E-state index contributed by atoms with van der Waals surface area (Å²) in [7, 11) is 0. The molecule has 29 aromatic rings. The zero-order valence-corrected chi connectivity index (χ0v) is 78.4. The van der Waals surface area contributed by atoms with Gasteiger partial charge >= 0.3 is 0 Å². The summed E-state index contributed by atoms with van der Waals surface area (Å²) < 4.78 is 29.6. The third-order valence-electron chi connectivity index (χ3n) is 28.4. The van der Waals surface area contributed by atoms with Gasteiger partial charge < -0.3 is 31.7 Å². The number of benzene rings is 20. The largest absolute Gasteiger partial charge is 0.456 e. The van der Waals surface area contributed by atoms with Gasteiger partial charge in [0.25, 0.3) is 0 Å². The van der Waals surface area contributed by atoms with Crippen LogP contribution in [0.4, 0.5) is 0 Å². The van der Waals surface area contributed by atoms with Gasteiger partial charge in [0.05, 0.1) is 55.2 Å². The lowest BCUT2D eigenvalue weighted by Crippen LogP contribution is -2.14. The van der Waals surface area contributed by atoms with Crippen molar-refractivity contribution in [2.24, 2.45) is 0 Å². The van der Waals surface area contributed by atoms with E-state index in [1.807, 2.05) is 46.9 Å². The Bertz CT molecular complexity index is 9530. The fraction of sp³-hybridized carbons (Fsp3) is 0.0625. The third kappa shape index (κ3) is 13.3. The molecule has 7 nitrogen and oxygen atoms in total. The van der Waals surface area contributed by atoms with Gasteiger partial charge in [-0.3, -0.25) is 0 Å². The fourth-order valence-electron chi connectivity index (χ4n) is 22.1. The van der Waals surface area contributed by atoms with E-state index in [4.69, 9.17) is 8.83 Å². The van der Waals surface area contributed by atoms with E-state index in [0.717, 1.165) is 43.9 Å². The highest BCUT2D eigenvalue weighted by Gasteiger charge is 2.36.